The topological polar surface area (TPSA) is 71.5 Å². The molecule has 1 aliphatic heterocycles. The molecule has 2 aromatic rings. The van der Waals surface area contributed by atoms with E-state index in [9.17, 15) is 9.90 Å². The second kappa shape index (κ2) is 5.79. The summed E-state index contributed by atoms with van der Waals surface area (Å²) in [7, 11) is 0. The summed E-state index contributed by atoms with van der Waals surface area (Å²) < 4.78 is 5.23. The van der Waals surface area contributed by atoms with Crippen molar-refractivity contribution in [2.45, 2.75) is 18.4 Å². The number of hydrogen-bond donors (Lipinski definition) is 2. The molecule has 5 nitrogen and oxygen atoms in total. The average molecular weight is 286 g/mol. The number of nitrogens with one attached hydrogen (secondary N) is 1. The Morgan fingerprint density at radius 3 is 2.86 bits per heavy atom. The molecule has 21 heavy (non-hydrogen) atoms. The Hall–Kier alpha value is -1.98. The molecule has 0 bridgehead atoms. The van der Waals surface area contributed by atoms with Gasteiger partial charge in [0.25, 0.3) is 5.91 Å². The van der Waals surface area contributed by atoms with Gasteiger partial charge in [0.05, 0.1) is 5.60 Å². The molecule has 0 radical (unpaired) electrons. The molecule has 1 amide bonds. The zero-order valence-electron chi connectivity index (χ0n) is 11.7. The van der Waals surface area contributed by atoms with E-state index in [1.807, 2.05) is 30.3 Å². The molecule has 3 rings (SSSR count). The second-order valence-corrected chi connectivity index (χ2v) is 5.40. The van der Waals surface area contributed by atoms with Crippen molar-refractivity contribution in [1.29, 1.82) is 0 Å². The number of hydrogen-bond acceptors (Lipinski definition) is 4. The molecular weight excluding hydrogens is 268 g/mol. The second-order valence-electron chi connectivity index (χ2n) is 5.40. The lowest BCUT2D eigenvalue weighted by Crippen LogP contribution is -2.46. The maximum atomic E-state index is 12.3. The van der Waals surface area contributed by atoms with Crippen LogP contribution in [-0.4, -0.2) is 41.4 Å². The lowest BCUT2D eigenvalue weighted by atomic mass is 9.94. The molecule has 0 saturated carbocycles. The predicted octanol–water partition coefficient (Wildman–Crippen LogP) is 1.51. The summed E-state index contributed by atoms with van der Waals surface area (Å²) in [4.78, 5) is 16.5. The van der Waals surface area contributed by atoms with Crippen LogP contribution < -0.4 is 5.32 Å². The van der Waals surface area contributed by atoms with Crippen LogP contribution in [0.25, 0.3) is 10.8 Å². The quantitative estimate of drug-likeness (QED) is 0.897. The summed E-state index contributed by atoms with van der Waals surface area (Å²) in [6, 6.07) is 9.50. The highest BCUT2D eigenvalue weighted by molar-refractivity contribution is 6.05. The summed E-state index contributed by atoms with van der Waals surface area (Å²) in [6.07, 6.45) is 2.70. The van der Waals surface area contributed by atoms with Crippen LogP contribution in [0.15, 0.2) is 36.5 Å². The minimum absolute atomic E-state index is 0.222. The number of rotatable bonds is 3. The van der Waals surface area contributed by atoms with Crippen LogP contribution in [0, 0.1) is 0 Å². The number of fused-ring (bicyclic) bond motifs is 1. The van der Waals surface area contributed by atoms with E-state index < -0.39 is 5.60 Å². The number of ether oxygens (including phenoxy) is 1. The molecule has 0 unspecified atom stereocenters. The molecule has 1 aromatic carbocycles. The molecule has 0 spiro atoms. The zero-order chi connectivity index (χ0) is 14.7. The van der Waals surface area contributed by atoms with Crippen LogP contribution in [0.3, 0.4) is 0 Å². The van der Waals surface area contributed by atoms with E-state index in [2.05, 4.69) is 10.3 Å². The van der Waals surface area contributed by atoms with Crippen molar-refractivity contribution in [3.63, 3.8) is 0 Å². The van der Waals surface area contributed by atoms with E-state index in [0.29, 0.717) is 31.7 Å². The Morgan fingerprint density at radius 1 is 1.29 bits per heavy atom. The van der Waals surface area contributed by atoms with Crippen molar-refractivity contribution < 1.29 is 14.6 Å². The minimum atomic E-state index is -0.876. The van der Waals surface area contributed by atoms with Crippen molar-refractivity contribution in [1.82, 2.24) is 10.3 Å². The molecule has 1 aromatic heterocycles. The third kappa shape index (κ3) is 3.04. The van der Waals surface area contributed by atoms with Crippen LogP contribution >= 0.6 is 0 Å². The monoisotopic (exact) mass is 286 g/mol. The standard InChI is InChI=1S/C16H18N2O3/c19-15(18-11-16(20)6-9-21-10-7-16)14-13-4-2-1-3-12(13)5-8-17-14/h1-5,8,20H,6-7,9-11H2,(H,18,19). The van der Waals surface area contributed by atoms with Gasteiger partial charge in [-0.15, -0.1) is 0 Å². The first-order valence-electron chi connectivity index (χ1n) is 7.10. The molecule has 2 heterocycles. The SMILES string of the molecule is O=C(NCC1(O)CCOCC1)c1nccc2ccccc12. The van der Waals surface area contributed by atoms with Crippen LogP contribution in [0.2, 0.25) is 0 Å². The molecule has 110 valence electrons. The fourth-order valence-electron chi connectivity index (χ4n) is 2.56. The first kappa shape index (κ1) is 14.0. The van der Waals surface area contributed by atoms with E-state index in [0.717, 1.165) is 10.8 Å². The van der Waals surface area contributed by atoms with E-state index in [1.165, 1.54) is 0 Å². The minimum Gasteiger partial charge on any atom is -0.388 e. The van der Waals surface area contributed by atoms with E-state index in [1.54, 1.807) is 6.20 Å². The van der Waals surface area contributed by atoms with Crippen LogP contribution in [0.4, 0.5) is 0 Å². The molecule has 1 aliphatic rings. The number of nitrogens with zero attached hydrogens (tertiary/aromatic N) is 1. The Labute approximate surface area is 123 Å². The van der Waals surface area contributed by atoms with Gasteiger partial charge in [0.2, 0.25) is 0 Å². The van der Waals surface area contributed by atoms with Crippen LogP contribution in [-0.2, 0) is 4.74 Å². The lowest BCUT2D eigenvalue weighted by molar-refractivity contribution is -0.0605. The highest BCUT2D eigenvalue weighted by atomic mass is 16.5. The van der Waals surface area contributed by atoms with Gasteiger partial charge in [0.1, 0.15) is 5.69 Å². The largest absolute Gasteiger partial charge is 0.388 e. The Bertz CT molecular complexity index is 646. The van der Waals surface area contributed by atoms with Gasteiger partial charge in [0, 0.05) is 44.2 Å². The Kier molecular flexibility index (Phi) is 3.86. The van der Waals surface area contributed by atoms with Crippen molar-refractivity contribution >= 4 is 16.7 Å². The molecule has 5 heteroatoms. The molecule has 1 saturated heterocycles. The van der Waals surface area contributed by atoms with E-state index in [-0.39, 0.29) is 12.5 Å². The number of carbonyl (C=O) groups excluding carboxylic acids is 1. The first-order valence-corrected chi connectivity index (χ1v) is 7.10. The van der Waals surface area contributed by atoms with Gasteiger partial charge in [-0.25, -0.2) is 0 Å². The van der Waals surface area contributed by atoms with Crippen molar-refractivity contribution in [2.75, 3.05) is 19.8 Å². The molecule has 0 aliphatic carbocycles. The van der Waals surface area contributed by atoms with E-state index >= 15 is 0 Å². The van der Waals surface area contributed by atoms with Gasteiger partial charge in [-0.3, -0.25) is 9.78 Å². The molecular formula is C16H18N2O3. The Morgan fingerprint density at radius 2 is 2.05 bits per heavy atom. The maximum Gasteiger partial charge on any atom is 0.270 e. The summed E-state index contributed by atoms with van der Waals surface area (Å²) >= 11 is 0. The number of amides is 1. The summed E-state index contributed by atoms with van der Waals surface area (Å²) in [5.74, 6) is -0.258. The van der Waals surface area contributed by atoms with Crippen LogP contribution in [0.1, 0.15) is 23.3 Å². The normalized spacial score (nSPS) is 17.6. The van der Waals surface area contributed by atoms with Gasteiger partial charge in [-0.2, -0.15) is 0 Å². The van der Waals surface area contributed by atoms with Gasteiger partial charge in [-0.1, -0.05) is 24.3 Å². The van der Waals surface area contributed by atoms with Crippen molar-refractivity contribution in [3.8, 4) is 0 Å². The number of aromatic nitrogens is 1. The van der Waals surface area contributed by atoms with Gasteiger partial charge >= 0.3 is 0 Å². The molecule has 1 fully saturated rings. The number of carbonyl (C=O) groups is 1. The zero-order valence-corrected chi connectivity index (χ0v) is 11.7. The predicted molar refractivity (Wildman–Crippen MR) is 79.1 cm³/mol. The molecule has 2 N–H and O–H groups in total. The highest BCUT2D eigenvalue weighted by Crippen LogP contribution is 2.20. The number of aliphatic hydroxyl groups is 1. The lowest BCUT2D eigenvalue weighted by Gasteiger charge is -2.32. The van der Waals surface area contributed by atoms with Gasteiger partial charge in [0.15, 0.2) is 0 Å². The third-order valence-electron chi connectivity index (χ3n) is 3.89. The third-order valence-corrected chi connectivity index (χ3v) is 3.89. The fourth-order valence-corrected chi connectivity index (χ4v) is 2.56. The summed E-state index contributed by atoms with van der Waals surface area (Å²) in [5.41, 5.74) is -0.484. The van der Waals surface area contributed by atoms with E-state index in [4.69, 9.17) is 4.74 Å². The Balaban J connectivity index is 1.75. The highest BCUT2D eigenvalue weighted by Gasteiger charge is 2.30. The van der Waals surface area contributed by atoms with Crippen molar-refractivity contribution in [3.05, 3.63) is 42.2 Å². The fraction of sp³-hybridized carbons (Fsp3) is 0.375. The first-order chi connectivity index (χ1) is 10.2. The van der Waals surface area contributed by atoms with Gasteiger partial charge < -0.3 is 15.2 Å². The summed E-state index contributed by atoms with van der Waals surface area (Å²) in [6.45, 7) is 1.28. The van der Waals surface area contributed by atoms with Gasteiger partial charge in [-0.05, 0) is 11.5 Å². The maximum absolute atomic E-state index is 12.3. The summed E-state index contributed by atoms with van der Waals surface area (Å²) in [5, 5.41) is 15.0. The number of benzene rings is 1. The molecule has 0 atom stereocenters. The van der Waals surface area contributed by atoms with Crippen molar-refractivity contribution in [2.24, 2.45) is 0 Å². The van der Waals surface area contributed by atoms with Crippen LogP contribution in [0.5, 0.6) is 0 Å². The smallest absolute Gasteiger partial charge is 0.270 e. The average Bonchev–Trinajstić information content (AvgIpc) is 2.53. The number of pyridine rings is 1.